The number of nitrogens with one attached hydrogen (secondary N) is 1. The van der Waals surface area contributed by atoms with Gasteiger partial charge in [-0.05, 0) is 55.1 Å². The number of amides is 3. The Morgan fingerprint density at radius 2 is 1.96 bits per heavy atom. The average Bonchev–Trinajstić information content (AvgIpc) is 2.89. The van der Waals surface area contributed by atoms with Crippen molar-refractivity contribution in [2.24, 2.45) is 0 Å². The molecule has 1 saturated heterocycles. The average molecular weight is 386 g/mol. The minimum atomic E-state index is -0.790. The molecule has 0 aromatic heterocycles. The Morgan fingerprint density at radius 3 is 2.63 bits per heavy atom. The Kier molecular flexibility index (Phi) is 5.66. The predicted molar refractivity (Wildman–Crippen MR) is 103 cm³/mol. The number of hydrogen-bond donors (Lipinski definition) is 2. The summed E-state index contributed by atoms with van der Waals surface area (Å²) in [5, 5.41) is 10.8. The first-order valence-electron chi connectivity index (χ1n) is 8.34. The number of ether oxygens (including phenoxy) is 1. The summed E-state index contributed by atoms with van der Waals surface area (Å²) in [6, 6.07) is 12.7. The molecule has 1 fully saturated rings. The van der Waals surface area contributed by atoms with Crippen LogP contribution in [0.25, 0.3) is 0 Å². The number of phenolic OH excluding ortho intramolecular Hbond substituents is 1. The van der Waals surface area contributed by atoms with E-state index in [1.807, 2.05) is 6.92 Å². The van der Waals surface area contributed by atoms with Gasteiger partial charge in [0.15, 0.2) is 0 Å². The molecule has 1 aliphatic rings. The molecular weight excluding hydrogens is 368 g/mol. The smallest absolute Gasteiger partial charge is 0.293 e. The molecule has 3 amide bonds. The maximum absolute atomic E-state index is 12.6. The number of hydrogen-bond acceptors (Lipinski definition) is 6. The van der Waals surface area contributed by atoms with Crippen LogP contribution in [0.4, 0.5) is 16.2 Å². The van der Waals surface area contributed by atoms with Crippen molar-refractivity contribution in [2.45, 2.75) is 18.6 Å². The molecule has 2 aromatic rings. The third kappa shape index (κ3) is 4.40. The molecule has 1 unspecified atom stereocenters. The monoisotopic (exact) mass is 386 g/mol. The molecule has 140 valence electrons. The van der Waals surface area contributed by atoms with E-state index in [1.165, 1.54) is 12.1 Å². The molecule has 0 aliphatic carbocycles. The highest BCUT2D eigenvalue weighted by atomic mass is 32.2. The predicted octanol–water partition coefficient (Wildman–Crippen LogP) is 3.39. The summed E-state index contributed by atoms with van der Waals surface area (Å²) < 4.78 is 5.35. The number of aromatic hydroxyl groups is 1. The van der Waals surface area contributed by atoms with Crippen molar-refractivity contribution in [1.29, 1.82) is 0 Å². The van der Waals surface area contributed by atoms with Crippen LogP contribution in [-0.4, -0.2) is 34.0 Å². The molecule has 0 spiro atoms. The molecule has 0 bridgehead atoms. The van der Waals surface area contributed by atoms with E-state index in [-0.39, 0.29) is 12.2 Å². The maximum atomic E-state index is 12.6. The molecule has 8 heteroatoms. The number of phenols is 1. The fraction of sp³-hybridized carbons (Fsp3) is 0.211. The van der Waals surface area contributed by atoms with Crippen molar-refractivity contribution in [3.8, 4) is 11.5 Å². The number of anilines is 2. The first-order valence-corrected chi connectivity index (χ1v) is 9.22. The molecule has 2 aromatic carbocycles. The van der Waals surface area contributed by atoms with E-state index in [0.29, 0.717) is 23.7 Å². The number of benzene rings is 2. The zero-order chi connectivity index (χ0) is 19.4. The highest BCUT2D eigenvalue weighted by molar-refractivity contribution is 8.15. The third-order valence-corrected chi connectivity index (χ3v) is 4.87. The van der Waals surface area contributed by atoms with Crippen LogP contribution in [0.1, 0.15) is 13.3 Å². The Morgan fingerprint density at radius 1 is 1.22 bits per heavy atom. The van der Waals surface area contributed by atoms with Crippen molar-refractivity contribution in [2.75, 3.05) is 16.8 Å². The first kappa shape index (κ1) is 18.8. The van der Waals surface area contributed by atoms with Crippen LogP contribution in [0.15, 0.2) is 48.5 Å². The van der Waals surface area contributed by atoms with Gasteiger partial charge < -0.3 is 15.2 Å². The lowest BCUT2D eigenvalue weighted by molar-refractivity contribution is -0.121. The minimum Gasteiger partial charge on any atom is -0.508 e. The second-order valence-electron chi connectivity index (χ2n) is 5.78. The number of nitrogens with zero attached hydrogens (tertiary/aromatic N) is 1. The molecule has 1 atom stereocenters. The molecule has 2 N–H and O–H groups in total. The molecule has 27 heavy (non-hydrogen) atoms. The second-order valence-corrected chi connectivity index (χ2v) is 6.93. The fourth-order valence-corrected chi connectivity index (χ4v) is 3.63. The second kappa shape index (κ2) is 8.13. The van der Waals surface area contributed by atoms with Gasteiger partial charge in [0.05, 0.1) is 12.3 Å². The van der Waals surface area contributed by atoms with E-state index >= 15 is 0 Å². The van der Waals surface area contributed by atoms with E-state index in [4.69, 9.17) is 4.74 Å². The topological polar surface area (TPSA) is 95.9 Å². The summed E-state index contributed by atoms with van der Waals surface area (Å²) in [7, 11) is 0. The number of rotatable bonds is 6. The van der Waals surface area contributed by atoms with E-state index < -0.39 is 22.3 Å². The van der Waals surface area contributed by atoms with Crippen molar-refractivity contribution >= 4 is 40.2 Å². The molecule has 3 rings (SSSR count). The van der Waals surface area contributed by atoms with Crippen LogP contribution in [0.2, 0.25) is 0 Å². The van der Waals surface area contributed by atoms with Crippen molar-refractivity contribution in [3.05, 3.63) is 48.5 Å². The van der Waals surface area contributed by atoms with Crippen LogP contribution in [0.3, 0.4) is 0 Å². The van der Waals surface area contributed by atoms with E-state index in [2.05, 4.69) is 5.32 Å². The van der Waals surface area contributed by atoms with Gasteiger partial charge in [0.2, 0.25) is 11.8 Å². The maximum Gasteiger partial charge on any atom is 0.293 e. The zero-order valence-corrected chi connectivity index (χ0v) is 15.4. The molecule has 1 aliphatic heterocycles. The molecule has 0 saturated carbocycles. The van der Waals surface area contributed by atoms with Crippen LogP contribution < -0.4 is 15.0 Å². The number of thioether (sulfide) groups is 1. The summed E-state index contributed by atoms with van der Waals surface area (Å²) in [6.07, 6.45) is -0.140. The van der Waals surface area contributed by atoms with Crippen molar-refractivity contribution < 1.29 is 24.2 Å². The summed E-state index contributed by atoms with van der Waals surface area (Å²) >= 11 is 0.829. The standard InChI is InChI=1S/C19H18N2O5S/c1-2-26-15-8-6-13(7-9-15)21-18(24)16(27-19(21)25)11-17(23)20-12-4-3-5-14(22)10-12/h3-10,16,22H,2,11H2,1H3,(H,20,23). The van der Waals surface area contributed by atoms with Gasteiger partial charge >= 0.3 is 0 Å². The summed E-state index contributed by atoms with van der Waals surface area (Å²) in [6.45, 7) is 2.39. The SMILES string of the molecule is CCOc1ccc(N2C(=O)SC(CC(=O)Nc3cccc(O)c3)C2=O)cc1. The van der Waals surface area contributed by atoms with Gasteiger partial charge in [-0.15, -0.1) is 0 Å². The first-order chi connectivity index (χ1) is 13.0. The van der Waals surface area contributed by atoms with Crippen LogP contribution in [0, 0.1) is 0 Å². The Hall–Kier alpha value is -3.00. The Balaban J connectivity index is 1.65. The van der Waals surface area contributed by atoms with Crippen LogP contribution in [0.5, 0.6) is 11.5 Å². The number of carbonyl (C=O) groups excluding carboxylic acids is 3. The Labute approximate surface area is 160 Å². The van der Waals surface area contributed by atoms with Crippen molar-refractivity contribution in [3.63, 3.8) is 0 Å². The normalized spacial score (nSPS) is 16.5. The summed E-state index contributed by atoms with van der Waals surface area (Å²) in [5.41, 5.74) is 0.863. The van der Waals surface area contributed by atoms with Gasteiger partial charge in [0.1, 0.15) is 16.7 Å². The summed E-state index contributed by atoms with van der Waals surface area (Å²) in [4.78, 5) is 38.1. The Bertz CT molecular complexity index is 869. The van der Waals surface area contributed by atoms with Crippen LogP contribution >= 0.6 is 11.8 Å². The quantitative estimate of drug-likeness (QED) is 0.790. The lowest BCUT2D eigenvalue weighted by Crippen LogP contribution is -2.32. The zero-order valence-electron chi connectivity index (χ0n) is 14.5. The number of carbonyl (C=O) groups is 3. The molecular formula is C19H18N2O5S. The van der Waals surface area contributed by atoms with Crippen LogP contribution in [-0.2, 0) is 9.59 Å². The highest BCUT2D eigenvalue weighted by Crippen LogP contribution is 2.34. The summed E-state index contributed by atoms with van der Waals surface area (Å²) in [5.74, 6) is -0.168. The molecule has 7 nitrogen and oxygen atoms in total. The fourth-order valence-electron chi connectivity index (χ4n) is 2.64. The molecule has 1 heterocycles. The van der Waals surface area contributed by atoms with E-state index in [1.54, 1.807) is 36.4 Å². The van der Waals surface area contributed by atoms with Gasteiger partial charge in [0, 0.05) is 18.2 Å². The van der Waals surface area contributed by atoms with Gasteiger partial charge in [-0.3, -0.25) is 14.4 Å². The lowest BCUT2D eigenvalue weighted by Gasteiger charge is -2.14. The van der Waals surface area contributed by atoms with E-state index in [9.17, 15) is 19.5 Å². The largest absolute Gasteiger partial charge is 0.508 e. The minimum absolute atomic E-state index is 0.0240. The third-order valence-electron chi connectivity index (χ3n) is 3.83. The highest BCUT2D eigenvalue weighted by Gasteiger charge is 2.41. The molecule has 0 radical (unpaired) electrons. The van der Waals surface area contributed by atoms with Gasteiger partial charge in [0.25, 0.3) is 5.24 Å². The van der Waals surface area contributed by atoms with Crippen molar-refractivity contribution in [1.82, 2.24) is 0 Å². The van der Waals surface area contributed by atoms with Gasteiger partial charge in [-0.25, -0.2) is 4.90 Å². The lowest BCUT2D eigenvalue weighted by atomic mass is 10.2. The van der Waals surface area contributed by atoms with E-state index in [0.717, 1.165) is 16.7 Å². The van der Waals surface area contributed by atoms with Gasteiger partial charge in [-0.2, -0.15) is 0 Å². The van der Waals surface area contributed by atoms with Gasteiger partial charge in [-0.1, -0.05) is 6.07 Å². The number of imide groups is 1.